The van der Waals surface area contributed by atoms with E-state index in [9.17, 15) is 9.59 Å². The van der Waals surface area contributed by atoms with Crippen LogP contribution in [0.25, 0.3) is 0 Å². The van der Waals surface area contributed by atoms with E-state index in [0.717, 1.165) is 0 Å². The fourth-order valence-electron chi connectivity index (χ4n) is 1.33. The summed E-state index contributed by atoms with van der Waals surface area (Å²) in [6, 6.07) is 0. The van der Waals surface area contributed by atoms with Crippen molar-refractivity contribution in [2.45, 2.75) is 26.3 Å². The van der Waals surface area contributed by atoms with Gasteiger partial charge in [-0.3, -0.25) is 9.59 Å². The molecule has 0 rings (SSSR count). The van der Waals surface area contributed by atoms with Crippen LogP contribution < -0.4 is 0 Å². The first-order valence-electron chi connectivity index (χ1n) is 5.71. The largest absolute Gasteiger partial charge is 0.347 e. The van der Waals surface area contributed by atoms with Gasteiger partial charge in [-0.05, 0) is 34.9 Å². The van der Waals surface area contributed by atoms with Gasteiger partial charge in [-0.1, -0.05) is 0 Å². The summed E-state index contributed by atoms with van der Waals surface area (Å²) >= 11 is 0. The maximum atomic E-state index is 12.1. The number of carbonyl (C=O) groups is 2. The van der Waals surface area contributed by atoms with Crippen molar-refractivity contribution in [3.8, 4) is 0 Å². The molecule has 0 unspecified atom stereocenters. The Hall–Kier alpha value is -1.10. The highest BCUT2D eigenvalue weighted by molar-refractivity contribution is 5.86. The van der Waals surface area contributed by atoms with Gasteiger partial charge < -0.3 is 14.7 Å². The quantitative estimate of drug-likeness (QED) is 0.711. The number of nitrogens with zero attached hydrogens (tertiary/aromatic N) is 3. The molecule has 0 N–H and O–H groups in total. The summed E-state index contributed by atoms with van der Waals surface area (Å²) in [4.78, 5) is 28.7. The Kier molecular flexibility index (Phi) is 5.61. The van der Waals surface area contributed by atoms with Crippen molar-refractivity contribution >= 4 is 11.8 Å². The van der Waals surface area contributed by atoms with Crippen molar-refractivity contribution in [2.24, 2.45) is 0 Å². The van der Waals surface area contributed by atoms with Crippen molar-refractivity contribution in [3.05, 3.63) is 0 Å². The maximum absolute atomic E-state index is 12.1. The van der Waals surface area contributed by atoms with Gasteiger partial charge in [0.05, 0.1) is 6.54 Å². The fourth-order valence-corrected chi connectivity index (χ4v) is 1.33. The van der Waals surface area contributed by atoms with Gasteiger partial charge in [0.15, 0.2) is 0 Å². The van der Waals surface area contributed by atoms with Gasteiger partial charge in [-0.2, -0.15) is 0 Å². The zero-order chi connectivity index (χ0) is 13.8. The topological polar surface area (TPSA) is 43.9 Å². The molecular weight excluding hydrogens is 218 g/mol. The van der Waals surface area contributed by atoms with Crippen molar-refractivity contribution in [2.75, 3.05) is 41.3 Å². The highest BCUT2D eigenvalue weighted by Crippen LogP contribution is 2.13. The van der Waals surface area contributed by atoms with Crippen molar-refractivity contribution in [1.29, 1.82) is 0 Å². The van der Waals surface area contributed by atoms with E-state index in [1.54, 1.807) is 23.9 Å². The monoisotopic (exact) mass is 243 g/mol. The predicted octanol–water partition coefficient (Wildman–Crippen LogP) is 0.263. The fraction of sp³-hybridized carbons (Fsp3) is 0.833. The summed E-state index contributed by atoms with van der Waals surface area (Å²) in [5.41, 5.74) is -0.348. The van der Waals surface area contributed by atoms with Crippen LogP contribution in [0.2, 0.25) is 0 Å². The molecule has 17 heavy (non-hydrogen) atoms. The van der Waals surface area contributed by atoms with Gasteiger partial charge in [-0.25, -0.2) is 0 Å². The standard InChI is InChI=1S/C12H25N3O2/c1-12(2,3)15(9-10(16)14(6)7)11(17)8-13(4)5/h8-9H2,1-7H3. The van der Waals surface area contributed by atoms with Crippen LogP contribution in [-0.4, -0.2) is 73.3 Å². The molecule has 100 valence electrons. The summed E-state index contributed by atoms with van der Waals surface area (Å²) in [7, 11) is 7.07. The second-order valence-electron chi connectivity index (χ2n) is 5.68. The lowest BCUT2D eigenvalue weighted by Gasteiger charge is -2.36. The molecule has 0 aliphatic carbocycles. The van der Waals surface area contributed by atoms with E-state index in [1.165, 1.54) is 4.90 Å². The first kappa shape index (κ1) is 15.9. The van der Waals surface area contributed by atoms with Crippen molar-refractivity contribution in [1.82, 2.24) is 14.7 Å². The van der Waals surface area contributed by atoms with Crippen LogP contribution in [0.4, 0.5) is 0 Å². The Morgan fingerprint density at radius 3 is 1.65 bits per heavy atom. The summed E-state index contributed by atoms with van der Waals surface area (Å²) in [5, 5.41) is 0. The summed E-state index contributed by atoms with van der Waals surface area (Å²) < 4.78 is 0. The first-order valence-corrected chi connectivity index (χ1v) is 5.71. The highest BCUT2D eigenvalue weighted by Gasteiger charge is 2.28. The lowest BCUT2D eigenvalue weighted by atomic mass is 10.1. The SMILES string of the molecule is CN(C)CC(=O)N(CC(=O)N(C)C)C(C)(C)C. The third kappa shape index (κ3) is 5.68. The van der Waals surface area contributed by atoms with Crippen molar-refractivity contribution in [3.63, 3.8) is 0 Å². The summed E-state index contributed by atoms with van der Waals surface area (Å²) in [5.74, 6) is -0.0928. The molecule has 0 atom stereocenters. The zero-order valence-electron chi connectivity index (χ0n) is 12.1. The minimum Gasteiger partial charge on any atom is -0.347 e. The van der Waals surface area contributed by atoms with Gasteiger partial charge in [0.1, 0.15) is 6.54 Å². The summed E-state index contributed by atoms with van der Waals surface area (Å²) in [6.45, 7) is 6.25. The minimum absolute atomic E-state index is 0.0299. The molecule has 5 heteroatoms. The molecule has 0 bridgehead atoms. The molecule has 0 aromatic carbocycles. The van der Waals surface area contributed by atoms with Gasteiger partial charge in [0.2, 0.25) is 11.8 Å². The Balaban J connectivity index is 4.79. The van der Waals surface area contributed by atoms with E-state index in [1.807, 2.05) is 34.9 Å². The smallest absolute Gasteiger partial charge is 0.241 e. The molecular formula is C12H25N3O2. The van der Waals surface area contributed by atoms with E-state index in [4.69, 9.17) is 0 Å². The molecule has 0 aromatic heterocycles. The second-order valence-corrected chi connectivity index (χ2v) is 5.68. The Morgan fingerprint density at radius 1 is 0.882 bits per heavy atom. The predicted molar refractivity (Wildman–Crippen MR) is 68.7 cm³/mol. The number of hydrogen-bond donors (Lipinski definition) is 0. The van der Waals surface area contributed by atoms with Gasteiger partial charge in [0, 0.05) is 19.6 Å². The molecule has 0 saturated carbocycles. The van der Waals surface area contributed by atoms with Crippen LogP contribution in [0.15, 0.2) is 0 Å². The molecule has 0 spiro atoms. The zero-order valence-corrected chi connectivity index (χ0v) is 12.1. The third-order valence-electron chi connectivity index (χ3n) is 2.35. The van der Waals surface area contributed by atoms with Gasteiger partial charge in [0.25, 0.3) is 0 Å². The van der Waals surface area contributed by atoms with Crippen molar-refractivity contribution < 1.29 is 9.59 Å². The molecule has 0 aromatic rings. The Morgan fingerprint density at radius 2 is 1.35 bits per heavy atom. The van der Waals surface area contributed by atoms with Gasteiger partial charge in [-0.15, -0.1) is 0 Å². The van der Waals surface area contributed by atoms with E-state index in [0.29, 0.717) is 6.54 Å². The summed E-state index contributed by atoms with van der Waals surface area (Å²) in [6.07, 6.45) is 0. The van der Waals surface area contributed by atoms with E-state index in [2.05, 4.69) is 0 Å². The van der Waals surface area contributed by atoms with Crippen LogP contribution in [-0.2, 0) is 9.59 Å². The molecule has 0 saturated heterocycles. The average molecular weight is 243 g/mol. The average Bonchev–Trinajstić information content (AvgIpc) is 2.09. The van der Waals surface area contributed by atoms with E-state index in [-0.39, 0.29) is 23.9 Å². The number of amides is 2. The van der Waals surface area contributed by atoms with Crippen LogP contribution >= 0.6 is 0 Å². The minimum atomic E-state index is -0.348. The Labute approximate surface area is 104 Å². The number of likely N-dealkylation sites (N-methyl/N-ethyl adjacent to an activating group) is 2. The van der Waals surface area contributed by atoms with Gasteiger partial charge >= 0.3 is 0 Å². The molecule has 0 heterocycles. The Bertz CT molecular complexity index is 280. The highest BCUT2D eigenvalue weighted by atomic mass is 16.2. The second kappa shape index (κ2) is 6.00. The first-order chi connectivity index (χ1) is 7.55. The molecule has 0 aliphatic heterocycles. The number of hydrogen-bond acceptors (Lipinski definition) is 3. The molecule has 2 amide bonds. The van der Waals surface area contributed by atoms with E-state index >= 15 is 0 Å². The van der Waals surface area contributed by atoms with Crippen LogP contribution in [0.1, 0.15) is 20.8 Å². The number of carbonyl (C=O) groups excluding carboxylic acids is 2. The maximum Gasteiger partial charge on any atom is 0.241 e. The molecule has 0 fully saturated rings. The molecule has 0 aliphatic rings. The molecule has 0 radical (unpaired) electrons. The lowest BCUT2D eigenvalue weighted by Crippen LogP contribution is -2.52. The van der Waals surface area contributed by atoms with E-state index < -0.39 is 0 Å². The molecule has 5 nitrogen and oxygen atoms in total. The van der Waals surface area contributed by atoms with Crippen LogP contribution in [0, 0.1) is 0 Å². The third-order valence-corrected chi connectivity index (χ3v) is 2.35. The number of rotatable bonds is 4. The van der Waals surface area contributed by atoms with Crippen LogP contribution in [0.5, 0.6) is 0 Å². The van der Waals surface area contributed by atoms with Crippen LogP contribution in [0.3, 0.4) is 0 Å². The lowest BCUT2D eigenvalue weighted by molar-refractivity contribution is -0.144. The normalized spacial score (nSPS) is 11.5.